The molecule has 0 saturated carbocycles. The minimum absolute atomic E-state index is 0.0120. The first-order chi connectivity index (χ1) is 13.0. The summed E-state index contributed by atoms with van der Waals surface area (Å²) in [5.74, 6) is -1.13. The van der Waals surface area contributed by atoms with Gasteiger partial charge < -0.3 is 0 Å². The third kappa shape index (κ3) is 4.95. The van der Waals surface area contributed by atoms with Crippen molar-refractivity contribution < 1.29 is 4.39 Å². The van der Waals surface area contributed by atoms with Crippen molar-refractivity contribution in [1.82, 2.24) is 4.98 Å². The van der Waals surface area contributed by atoms with Gasteiger partial charge in [-0.3, -0.25) is 15.8 Å². The first kappa shape index (κ1) is 20.6. The van der Waals surface area contributed by atoms with E-state index in [4.69, 9.17) is 10.8 Å². The van der Waals surface area contributed by atoms with Crippen LogP contribution in [-0.2, 0) is 0 Å². The molecule has 3 nitrogen and oxygen atoms in total. The van der Waals surface area contributed by atoms with Gasteiger partial charge in [0, 0.05) is 20.9 Å². The summed E-state index contributed by atoms with van der Waals surface area (Å²) in [4.78, 5) is 4.21. The highest BCUT2D eigenvalue weighted by molar-refractivity contribution is 14.1. The van der Waals surface area contributed by atoms with Crippen LogP contribution in [-0.4, -0.2) is 16.7 Å². The van der Waals surface area contributed by atoms with Gasteiger partial charge in [-0.2, -0.15) is 4.39 Å². The van der Waals surface area contributed by atoms with Gasteiger partial charge in [0.25, 0.3) is 0 Å². The number of rotatable bonds is 7. The standard InChI is InChI=1S/C22H19FIN3/c1-3-5-10-15(4-2)19(21(25)16-11-6-7-12-17(16)24)20(22(23)26)18-13-8-9-14-27-18/h3-14,25-26H,1H2,2H3/b10-5-,15-4+,20-19-,25-21?,26-22?. The number of nitrogens with zero attached hydrogens (tertiary/aromatic N) is 1. The van der Waals surface area contributed by atoms with Crippen molar-refractivity contribution in [2.24, 2.45) is 0 Å². The zero-order valence-corrected chi connectivity index (χ0v) is 17.0. The molecule has 27 heavy (non-hydrogen) atoms. The molecule has 0 aliphatic carbocycles. The first-order valence-electron chi connectivity index (χ1n) is 8.21. The van der Waals surface area contributed by atoms with E-state index in [9.17, 15) is 4.39 Å². The van der Waals surface area contributed by atoms with Gasteiger partial charge in [-0.25, -0.2) is 0 Å². The fourth-order valence-electron chi connectivity index (χ4n) is 2.57. The minimum Gasteiger partial charge on any atom is -0.300 e. The van der Waals surface area contributed by atoms with Crippen LogP contribution in [0.15, 0.2) is 90.7 Å². The van der Waals surface area contributed by atoms with Gasteiger partial charge in [0.2, 0.25) is 5.97 Å². The topological polar surface area (TPSA) is 60.6 Å². The van der Waals surface area contributed by atoms with Crippen LogP contribution in [0.1, 0.15) is 18.2 Å². The summed E-state index contributed by atoms with van der Waals surface area (Å²) in [6.07, 6.45) is 8.40. The number of hydrogen-bond donors (Lipinski definition) is 2. The quantitative estimate of drug-likeness (QED) is 0.284. The van der Waals surface area contributed by atoms with Crippen molar-refractivity contribution in [3.63, 3.8) is 0 Å². The second-order valence-electron chi connectivity index (χ2n) is 5.47. The highest BCUT2D eigenvalue weighted by atomic mass is 127. The van der Waals surface area contributed by atoms with Crippen molar-refractivity contribution in [2.45, 2.75) is 6.92 Å². The number of benzene rings is 1. The van der Waals surface area contributed by atoms with E-state index in [-0.39, 0.29) is 11.3 Å². The van der Waals surface area contributed by atoms with E-state index < -0.39 is 5.97 Å². The van der Waals surface area contributed by atoms with Crippen LogP contribution >= 0.6 is 22.6 Å². The van der Waals surface area contributed by atoms with Crippen molar-refractivity contribution in [3.05, 3.63) is 106 Å². The van der Waals surface area contributed by atoms with E-state index in [0.29, 0.717) is 22.4 Å². The molecule has 2 N–H and O–H groups in total. The molecule has 0 bridgehead atoms. The van der Waals surface area contributed by atoms with Crippen molar-refractivity contribution in [3.8, 4) is 0 Å². The lowest BCUT2D eigenvalue weighted by atomic mass is 9.89. The highest BCUT2D eigenvalue weighted by Gasteiger charge is 2.23. The predicted octanol–water partition coefficient (Wildman–Crippen LogP) is 6.14. The maximum absolute atomic E-state index is 14.4. The molecule has 0 radical (unpaired) electrons. The molecule has 0 spiro atoms. The number of hydrogen-bond acceptors (Lipinski definition) is 3. The van der Waals surface area contributed by atoms with Crippen molar-refractivity contribution in [1.29, 1.82) is 10.8 Å². The van der Waals surface area contributed by atoms with E-state index in [1.807, 2.05) is 31.2 Å². The van der Waals surface area contributed by atoms with E-state index in [0.717, 1.165) is 3.57 Å². The Morgan fingerprint density at radius 2 is 1.85 bits per heavy atom. The van der Waals surface area contributed by atoms with Gasteiger partial charge in [-0.15, -0.1) is 0 Å². The number of halogens is 2. The Morgan fingerprint density at radius 3 is 2.41 bits per heavy atom. The molecule has 0 amide bonds. The molecule has 5 heteroatoms. The summed E-state index contributed by atoms with van der Waals surface area (Å²) in [6, 6.07) is 12.5. The molecule has 1 aromatic heterocycles. The van der Waals surface area contributed by atoms with E-state index in [1.165, 1.54) is 0 Å². The zero-order chi connectivity index (χ0) is 19.8. The molecular weight excluding hydrogens is 452 g/mol. The Labute approximate surface area is 172 Å². The number of aromatic nitrogens is 1. The Balaban J connectivity index is 2.85. The van der Waals surface area contributed by atoms with Gasteiger partial charge in [0.05, 0.1) is 17.0 Å². The monoisotopic (exact) mass is 471 g/mol. The molecule has 1 heterocycles. The zero-order valence-electron chi connectivity index (χ0n) is 14.8. The number of nitrogens with one attached hydrogen (secondary N) is 2. The molecular formula is C22H19FIN3. The molecule has 0 aliphatic rings. The second-order valence-corrected chi connectivity index (χ2v) is 6.63. The van der Waals surface area contributed by atoms with E-state index in [2.05, 4.69) is 34.2 Å². The Morgan fingerprint density at radius 1 is 1.15 bits per heavy atom. The Hall–Kier alpha value is -2.67. The Bertz CT molecular complexity index is 957. The number of allylic oxidation sites excluding steroid dienone is 7. The SMILES string of the molecule is C=C\C=C/C(=C\C)C(/C(=N)c1ccccc1I)=C(/C(=N)F)c1ccccn1. The molecule has 136 valence electrons. The Kier molecular flexibility index (Phi) is 7.55. The summed E-state index contributed by atoms with van der Waals surface area (Å²) in [7, 11) is 0. The molecule has 0 aliphatic heterocycles. The molecule has 2 rings (SSSR count). The van der Waals surface area contributed by atoms with Gasteiger partial charge in [-0.05, 0) is 53.3 Å². The van der Waals surface area contributed by atoms with Gasteiger partial charge >= 0.3 is 0 Å². The van der Waals surface area contributed by atoms with Crippen LogP contribution in [0.4, 0.5) is 4.39 Å². The largest absolute Gasteiger partial charge is 0.300 e. The molecule has 2 aromatic rings. The summed E-state index contributed by atoms with van der Waals surface area (Å²) >= 11 is 2.15. The second kappa shape index (κ2) is 9.87. The van der Waals surface area contributed by atoms with Gasteiger partial charge in [0.15, 0.2) is 0 Å². The van der Waals surface area contributed by atoms with E-state index in [1.54, 1.807) is 48.7 Å². The van der Waals surface area contributed by atoms with Crippen molar-refractivity contribution >= 4 is 39.8 Å². The lowest BCUT2D eigenvalue weighted by Crippen LogP contribution is -2.13. The van der Waals surface area contributed by atoms with Crippen LogP contribution in [0.2, 0.25) is 0 Å². The fraction of sp³-hybridized carbons (Fsp3) is 0.0455. The van der Waals surface area contributed by atoms with Crippen LogP contribution < -0.4 is 0 Å². The molecule has 0 fully saturated rings. The molecule has 0 unspecified atom stereocenters. The van der Waals surface area contributed by atoms with Gasteiger partial charge in [-0.1, -0.05) is 55.1 Å². The summed E-state index contributed by atoms with van der Waals surface area (Å²) in [6.45, 7) is 5.48. The first-order valence-corrected chi connectivity index (χ1v) is 9.28. The van der Waals surface area contributed by atoms with Crippen LogP contribution in [0.3, 0.4) is 0 Å². The van der Waals surface area contributed by atoms with Crippen molar-refractivity contribution in [2.75, 3.05) is 0 Å². The van der Waals surface area contributed by atoms with Crippen LogP contribution in [0, 0.1) is 14.4 Å². The van der Waals surface area contributed by atoms with E-state index >= 15 is 0 Å². The smallest absolute Gasteiger partial charge is 0.215 e. The van der Waals surface area contributed by atoms with Crippen LogP contribution in [0.25, 0.3) is 5.57 Å². The van der Waals surface area contributed by atoms with Gasteiger partial charge in [0.1, 0.15) is 0 Å². The average Bonchev–Trinajstić information content (AvgIpc) is 2.68. The maximum atomic E-state index is 14.4. The summed E-state index contributed by atoms with van der Waals surface area (Å²) < 4.78 is 15.3. The summed E-state index contributed by atoms with van der Waals surface area (Å²) in [5, 5.41) is 16.6. The predicted molar refractivity (Wildman–Crippen MR) is 119 cm³/mol. The maximum Gasteiger partial charge on any atom is 0.215 e. The normalized spacial score (nSPS) is 12.6. The summed E-state index contributed by atoms with van der Waals surface area (Å²) in [5.41, 5.74) is 2.01. The molecule has 1 aromatic carbocycles. The third-order valence-corrected chi connectivity index (χ3v) is 4.74. The number of pyridine rings is 1. The highest BCUT2D eigenvalue weighted by Crippen LogP contribution is 2.29. The lowest BCUT2D eigenvalue weighted by molar-refractivity contribution is 0.806. The lowest BCUT2D eigenvalue weighted by Gasteiger charge is -2.17. The van der Waals surface area contributed by atoms with Crippen LogP contribution in [0.5, 0.6) is 0 Å². The minimum atomic E-state index is -1.13. The average molecular weight is 471 g/mol. The molecule has 0 atom stereocenters. The fourth-order valence-corrected chi connectivity index (χ4v) is 3.23. The molecule has 0 saturated heterocycles. The third-order valence-electron chi connectivity index (χ3n) is 3.80.